The lowest BCUT2D eigenvalue weighted by molar-refractivity contribution is -0.312. The maximum atomic E-state index is 15.1. The first-order chi connectivity index (χ1) is 26.5. The van der Waals surface area contributed by atoms with Gasteiger partial charge in [0.2, 0.25) is 0 Å². The molecule has 0 radical (unpaired) electrons. The number of ether oxygens (including phenoxy) is 3. The molecule has 2 saturated carbocycles. The molecule has 3 aromatic rings. The first kappa shape index (κ1) is 39.6. The van der Waals surface area contributed by atoms with Gasteiger partial charge in [-0.25, -0.2) is 9.59 Å². The molecule has 0 spiro atoms. The number of nitrogens with one attached hydrogen (secondary N) is 1. The summed E-state index contributed by atoms with van der Waals surface area (Å²) in [6.45, 7) is 10.9. The van der Waals surface area contributed by atoms with Crippen LogP contribution in [0.5, 0.6) is 0 Å². The van der Waals surface area contributed by atoms with E-state index in [2.05, 4.69) is 5.32 Å². The van der Waals surface area contributed by atoms with Gasteiger partial charge in [-0.3, -0.25) is 9.59 Å². The average molecular weight is 766 g/mol. The summed E-state index contributed by atoms with van der Waals surface area (Å²) in [4.78, 5) is 56.7. The largest absolute Gasteiger partial charge is 0.456 e. The Morgan fingerprint density at radius 2 is 1.45 bits per heavy atom. The van der Waals surface area contributed by atoms with Gasteiger partial charge >= 0.3 is 11.9 Å². The average Bonchev–Trinajstić information content (AvgIpc) is 3.19. The molecule has 3 aromatic carbocycles. The van der Waals surface area contributed by atoms with Gasteiger partial charge < -0.3 is 34.8 Å². The van der Waals surface area contributed by atoms with Gasteiger partial charge in [-0.2, -0.15) is 0 Å². The number of carbonyl (C=O) groups excluding carboxylic acids is 4. The van der Waals surface area contributed by atoms with Gasteiger partial charge in [-0.1, -0.05) is 94.4 Å². The third kappa shape index (κ3) is 6.11. The monoisotopic (exact) mass is 765 g/mol. The van der Waals surface area contributed by atoms with Crippen LogP contribution in [0.3, 0.4) is 0 Å². The van der Waals surface area contributed by atoms with Crippen LogP contribution in [0.4, 0.5) is 0 Å². The number of aliphatic hydroxyl groups is 3. The summed E-state index contributed by atoms with van der Waals surface area (Å²) in [6, 6.07) is 24.1. The summed E-state index contributed by atoms with van der Waals surface area (Å²) < 4.78 is 18.6. The minimum Gasteiger partial charge on any atom is -0.456 e. The number of hydrogen-bond donors (Lipinski definition) is 4. The van der Waals surface area contributed by atoms with Gasteiger partial charge in [0.1, 0.15) is 23.6 Å². The van der Waals surface area contributed by atoms with Crippen LogP contribution >= 0.6 is 0 Å². The summed E-state index contributed by atoms with van der Waals surface area (Å²) >= 11 is 0. The fourth-order valence-electron chi connectivity index (χ4n) is 10.4. The molecule has 1 heterocycles. The van der Waals surface area contributed by atoms with E-state index in [-0.39, 0.29) is 30.8 Å². The van der Waals surface area contributed by atoms with Crippen LogP contribution in [0.15, 0.2) is 102 Å². The molecule has 1 aliphatic heterocycles. The third-order valence-electron chi connectivity index (χ3n) is 13.6. The topological polar surface area (TPSA) is 169 Å². The summed E-state index contributed by atoms with van der Waals surface area (Å²) in [5.41, 5.74) is -3.45. The van der Waals surface area contributed by atoms with Crippen molar-refractivity contribution in [2.24, 2.45) is 28.1 Å². The molecule has 11 nitrogen and oxygen atoms in total. The maximum absolute atomic E-state index is 15.1. The predicted octanol–water partition coefficient (Wildman–Crippen LogP) is 5.14. The van der Waals surface area contributed by atoms with Gasteiger partial charge in [0.15, 0.2) is 6.10 Å². The minimum absolute atomic E-state index is 0.197. The van der Waals surface area contributed by atoms with Crippen LogP contribution < -0.4 is 5.32 Å². The second-order valence-electron chi connectivity index (χ2n) is 17.0. The van der Waals surface area contributed by atoms with Crippen molar-refractivity contribution in [2.75, 3.05) is 6.61 Å². The number of aliphatic hydroxyl groups excluding tert-OH is 2. The molecule has 11 atom stereocenters. The Morgan fingerprint density at radius 3 is 2.02 bits per heavy atom. The van der Waals surface area contributed by atoms with Gasteiger partial charge in [-0.15, -0.1) is 0 Å². The van der Waals surface area contributed by atoms with Crippen LogP contribution in [-0.4, -0.2) is 81.7 Å². The van der Waals surface area contributed by atoms with Crippen LogP contribution in [-0.2, 0) is 23.8 Å². The smallest absolute Gasteiger partial charge is 0.338 e. The Kier molecular flexibility index (Phi) is 10.1. The number of esters is 2. The normalized spacial score (nSPS) is 34.3. The minimum atomic E-state index is -1.98. The molecule has 2 bridgehead atoms. The standard InChI is InChI=1S/C45H51NO10/c1-25-30(55-41(52)35(48)34(27-16-10-7-11-17-27)46-39(50)28-18-12-8-13-19-28)23-45(53)38(56-40(51)29-20-14-9-15-21-29)36-43(5)24-54-32(43)22-31(47)44(36,6)37(49)26(2)33(25)42(45,3)4/h7-21,26,30-32,34-36,38,47-48,53H,22-24H2,1-6H3,(H,46,50)/t26-,30+,31+,32-,34?,35?,36-,38?,43-,44-,45-/m1/s1. The van der Waals surface area contributed by atoms with Crippen molar-refractivity contribution in [3.05, 3.63) is 119 Å². The van der Waals surface area contributed by atoms with Crippen LogP contribution in [0.25, 0.3) is 0 Å². The van der Waals surface area contributed by atoms with Crippen LogP contribution in [0.1, 0.15) is 86.7 Å². The molecule has 56 heavy (non-hydrogen) atoms. The third-order valence-corrected chi connectivity index (χ3v) is 13.6. The highest BCUT2D eigenvalue weighted by atomic mass is 16.6. The highest BCUT2D eigenvalue weighted by molar-refractivity contribution is 5.95. The predicted molar refractivity (Wildman–Crippen MR) is 205 cm³/mol. The zero-order valence-corrected chi connectivity index (χ0v) is 32.6. The van der Waals surface area contributed by atoms with Crippen molar-refractivity contribution in [2.45, 2.75) is 96.5 Å². The molecule has 11 heteroatoms. The molecule has 1 saturated heterocycles. The Balaban J connectivity index is 1.31. The van der Waals surface area contributed by atoms with E-state index < -0.39 is 88.1 Å². The summed E-state index contributed by atoms with van der Waals surface area (Å²) in [6.07, 6.45) is -6.16. The molecule has 3 unspecified atom stereocenters. The Hall–Kier alpha value is -4.68. The Bertz CT molecular complexity index is 2030. The summed E-state index contributed by atoms with van der Waals surface area (Å²) in [5.74, 6) is -4.36. The lowest BCUT2D eigenvalue weighted by Crippen LogP contribution is -2.77. The molecule has 4 aliphatic rings. The molecular formula is C45H51NO10. The molecule has 0 aromatic heterocycles. The van der Waals surface area contributed by atoms with E-state index in [4.69, 9.17) is 14.2 Å². The second-order valence-corrected chi connectivity index (χ2v) is 17.0. The summed E-state index contributed by atoms with van der Waals surface area (Å²) in [5, 5.41) is 39.8. The van der Waals surface area contributed by atoms with Crippen molar-refractivity contribution in [1.29, 1.82) is 0 Å². The van der Waals surface area contributed by atoms with E-state index in [9.17, 15) is 29.7 Å². The van der Waals surface area contributed by atoms with Gasteiger partial charge in [0.05, 0.1) is 35.8 Å². The molecule has 7 rings (SSSR count). The zero-order chi connectivity index (χ0) is 40.4. The second kappa shape index (κ2) is 14.4. The molecule has 4 N–H and O–H groups in total. The van der Waals surface area contributed by atoms with E-state index in [1.807, 2.05) is 6.92 Å². The molecule has 296 valence electrons. The first-order valence-corrected chi connectivity index (χ1v) is 19.3. The van der Waals surface area contributed by atoms with E-state index in [0.717, 1.165) is 0 Å². The maximum Gasteiger partial charge on any atom is 0.338 e. The molecular weight excluding hydrogens is 714 g/mol. The van der Waals surface area contributed by atoms with Crippen LogP contribution in [0, 0.1) is 28.1 Å². The van der Waals surface area contributed by atoms with Crippen molar-refractivity contribution in [3.8, 4) is 0 Å². The van der Waals surface area contributed by atoms with Gasteiger partial charge in [0, 0.05) is 41.1 Å². The number of Topliss-reactive ketones (excluding diaryl/α,β-unsaturated/α-hetero) is 1. The quantitative estimate of drug-likeness (QED) is 0.178. The number of ketones is 1. The number of amides is 1. The highest BCUT2D eigenvalue weighted by Gasteiger charge is 2.74. The van der Waals surface area contributed by atoms with Crippen molar-refractivity contribution in [3.63, 3.8) is 0 Å². The molecule has 1 amide bonds. The molecule has 3 fully saturated rings. The van der Waals surface area contributed by atoms with E-state index >= 15 is 4.79 Å². The number of fused-ring (bicyclic) bond motifs is 5. The first-order valence-electron chi connectivity index (χ1n) is 19.3. The number of hydrogen-bond acceptors (Lipinski definition) is 10. The Morgan fingerprint density at radius 1 is 0.875 bits per heavy atom. The van der Waals surface area contributed by atoms with Crippen molar-refractivity contribution < 1.29 is 48.7 Å². The highest BCUT2D eigenvalue weighted by Crippen LogP contribution is 2.66. The number of carbonyl (C=O) groups is 4. The number of benzene rings is 3. The fourth-order valence-corrected chi connectivity index (χ4v) is 10.4. The SMILES string of the molecule is CC1=C2[C@@H](C)C(=O)[C@@]3(C)[C@H](C(OC(=O)c4ccccc4)[C@](O)(C[C@@H]1OC(=O)C(O)C(NC(=O)c1ccccc1)c1ccccc1)C2(C)C)[C@]1(C)CO[C@@H]1C[C@@H]3O. The zero-order valence-electron chi connectivity index (χ0n) is 32.6. The van der Waals surface area contributed by atoms with Gasteiger partial charge in [0.25, 0.3) is 5.91 Å². The van der Waals surface area contributed by atoms with Crippen molar-refractivity contribution >= 4 is 23.6 Å². The van der Waals surface area contributed by atoms with E-state index in [1.54, 1.807) is 126 Å². The fraction of sp³-hybridized carbons (Fsp3) is 0.467. The lowest BCUT2D eigenvalue weighted by atomic mass is 9.41. The van der Waals surface area contributed by atoms with E-state index in [0.29, 0.717) is 22.3 Å². The van der Waals surface area contributed by atoms with Crippen molar-refractivity contribution in [1.82, 2.24) is 5.32 Å². The van der Waals surface area contributed by atoms with E-state index in [1.165, 1.54) is 0 Å². The van der Waals surface area contributed by atoms with Gasteiger partial charge in [-0.05, 0) is 54.8 Å². The summed E-state index contributed by atoms with van der Waals surface area (Å²) in [7, 11) is 0. The number of rotatable bonds is 8. The lowest BCUT2D eigenvalue weighted by Gasteiger charge is -2.68. The van der Waals surface area contributed by atoms with Crippen LogP contribution in [0.2, 0.25) is 0 Å². The molecule has 3 aliphatic carbocycles. The Labute approximate surface area is 327 Å².